The molecule has 0 aliphatic rings. The van der Waals surface area contributed by atoms with Gasteiger partial charge < -0.3 is 5.11 Å². The number of hydrogen-bond acceptors (Lipinski definition) is 3. The number of thiophene rings is 1. The average Bonchev–Trinajstić information content (AvgIpc) is 2.82. The zero-order valence-electron chi connectivity index (χ0n) is 8.08. The van der Waals surface area contributed by atoms with Crippen molar-refractivity contribution in [2.75, 3.05) is 0 Å². The Morgan fingerprint density at radius 1 is 1.07 bits per heavy atom. The van der Waals surface area contributed by atoms with E-state index in [9.17, 15) is 5.11 Å². The molecule has 0 aliphatic carbocycles. The summed E-state index contributed by atoms with van der Waals surface area (Å²) in [7, 11) is 0. The van der Waals surface area contributed by atoms with Gasteiger partial charge in [-0.05, 0) is 17.0 Å². The van der Waals surface area contributed by atoms with E-state index in [1.807, 2.05) is 47.8 Å². The van der Waals surface area contributed by atoms with Crippen LogP contribution in [0.25, 0.3) is 0 Å². The zero-order chi connectivity index (χ0) is 10.7. The molecule has 2 atom stereocenters. The molecule has 1 nitrogen and oxygen atoms in total. The second kappa shape index (κ2) is 4.84. The van der Waals surface area contributed by atoms with E-state index < -0.39 is 6.10 Å². The molecule has 0 radical (unpaired) electrons. The van der Waals surface area contributed by atoms with E-state index in [0.717, 1.165) is 10.4 Å². The maximum absolute atomic E-state index is 10.1. The summed E-state index contributed by atoms with van der Waals surface area (Å²) < 4.78 is 0. The molecule has 0 bridgehead atoms. The molecule has 0 saturated heterocycles. The zero-order valence-corrected chi connectivity index (χ0v) is 9.79. The standard InChI is InChI=1S/C12H12OS2/c13-11(10-7-4-8-15-10)12(14)9-5-2-1-3-6-9/h1-8,11-14H. The summed E-state index contributed by atoms with van der Waals surface area (Å²) in [5.74, 6) is 0. The van der Waals surface area contributed by atoms with Crippen LogP contribution in [0, 0.1) is 0 Å². The van der Waals surface area contributed by atoms with Gasteiger partial charge in [0.25, 0.3) is 0 Å². The molecule has 0 aliphatic heterocycles. The third-order valence-corrected chi connectivity index (χ3v) is 3.80. The summed E-state index contributed by atoms with van der Waals surface area (Å²) in [6, 6.07) is 13.7. The Balaban J connectivity index is 2.18. The average molecular weight is 236 g/mol. The lowest BCUT2D eigenvalue weighted by Crippen LogP contribution is -2.03. The topological polar surface area (TPSA) is 20.2 Å². The van der Waals surface area contributed by atoms with Gasteiger partial charge in [-0.15, -0.1) is 11.3 Å². The van der Waals surface area contributed by atoms with Crippen LogP contribution in [0.1, 0.15) is 21.8 Å². The van der Waals surface area contributed by atoms with Crippen molar-refractivity contribution in [3.8, 4) is 0 Å². The van der Waals surface area contributed by atoms with Crippen molar-refractivity contribution in [3.05, 3.63) is 58.3 Å². The molecule has 1 aromatic heterocycles. The highest BCUT2D eigenvalue weighted by Crippen LogP contribution is 2.35. The summed E-state index contributed by atoms with van der Waals surface area (Å²) in [6.07, 6.45) is -0.532. The van der Waals surface area contributed by atoms with Gasteiger partial charge in [-0.1, -0.05) is 36.4 Å². The first-order valence-corrected chi connectivity index (χ1v) is 6.13. The van der Waals surface area contributed by atoms with Gasteiger partial charge in [0.2, 0.25) is 0 Å². The number of rotatable bonds is 3. The lowest BCUT2D eigenvalue weighted by molar-refractivity contribution is 0.179. The summed E-state index contributed by atoms with van der Waals surface area (Å²) in [6.45, 7) is 0. The normalized spacial score (nSPS) is 14.8. The van der Waals surface area contributed by atoms with Crippen LogP contribution in [0.15, 0.2) is 47.8 Å². The van der Waals surface area contributed by atoms with Crippen molar-refractivity contribution in [2.24, 2.45) is 0 Å². The molecule has 0 saturated carbocycles. The number of thiol groups is 1. The van der Waals surface area contributed by atoms with Crippen LogP contribution >= 0.6 is 24.0 Å². The van der Waals surface area contributed by atoms with Crippen LogP contribution in [0.2, 0.25) is 0 Å². The molecule has 0 fully saturated rings. The first-order valence-electron chi connectivity index (χ1n) is 4.73. The van der Waals surface area contributed by atoms with E-state index in [2.05, 4.69) is 12.6 Å². The number of aliphatic hydroxyl groups excluding tert-OH is 1. The van der Waals surface area contributed by atoms with Crippen molar-refractivity contribution in [3.63, 3.8) is 0 Å². The molecule has 1 N–H and O–H groups in total. The lowest BCUT2D eigenvalue weighted by atomic mass is 10.1. The predicted octanol–water partition coefficient (Wildman–Crippen LogP) is 3.45. The minimum absolute atomic E-state index is 0.162. The summed E-state index contributed by atoms with van der Waals surface area (Å²) in [4.78, 5) is 0.957. The van der Waals surface area contributed by atoms with E-state index in [1.165, 1.54) is 0 Å². The Hall–Kier alpha value is -0.770. The highest BCUT2D eigenvalue weighted by Gasteiger charge is 2.19. The summed E-state index contributed by atoms with van der Waals surface area (Å²) in [5.41, 5.74) is 1.04. The van der Waals surface area contributed by atoms with E-state index in [1.54, 1.807) is 11.3 Å². The third-order valence-electron chi connectivity index (χ3n) is 2.27. The van der Waals surface area contributed by atoms with E-state index in [4.69, 9.17) is 0 Å². The van der Waals surface area contributed by atoms with Gasteiger partial charge in [0.1, 0.15) is 6.10 Å². The van der Waals surface area contributed by atoms with Crippen molar-refractivity contribution in [2.45, 2.75) is 11.4 Å². The van der Waals surface area contributed by atoms with Crippen molar-refractivity contribution in [1.82, 2.24) is 0 Å². The first-order chi connectivity index (χ1) is 7.29. The monoisotopic (exact) mass is 236 g/mol. The second-order valence-electron chi connectivity index (χ2n) is 3.32. The maximum atomic E-state index is 10.1. The van der Waals surface area contributed by atoms with E-state index in [0.29, 0.717) is 0 Å². The van der Waals surface area contributed by atoms with Gasteiger partial charge in [-0.2, -0.15) is 12.6 Å². The smallest absolute Gasteiger partial charge is 0.104 e. The molecule has 2 unspecified atom stereocenters. The number of benzene rings is 1. The minimum atomic E-state index is -0.532. The van der Waals surface area contributed by atoms with Gasteiger partial charge in [-0.25, -0.2) is 0 Å². The molecule has 1 heterocycles. The predicted molar refractivity (Wildman–Crippen MR) is 67.4 cm³/mol. The van der Waals surface area contributed by atoms with Gasteiger partial charge >= 0.3 is 0 Å². The highest BCUT2D eigenvalue weighted by molar-refractivity contribution is 7.80. The van der Waals surface area contributed by atoms with Crippen LogP contribution < -0.4 is 0 Å². The van der Waals surface area contributed by atoms with Crippen LogP contribution in [-0.2, 0) is 0 Å². The molecule has 3 heteroatoms. The molecule has 78 valence electrons. The Bertz CT molecular complexity index is 397. The molecule has 1 aromatic carbocycles. The Morgan fingerprint density at radius 3 is 2.40 bits per heavy atom. The molecular weight excluding hydrogens is 224 g/mol. The van der Waals surface area contributed by atoms with Gasteiger partial charge in [0.15, 0.2) is 0 Å². The Morgan fingerprint density at radius 2 is 1.80 bits per heavy atom. The van der Waals surface area contributed by atoms with Gasteiger partial charge in [-0.3, -0.25) is 0 Å². The number of hydrogen-bond donors (Lipinski definition) is 2. The third kappa shape index (κ3) is 2.43. The minimum Gasteiger partial charge on any atom is -0.386 e. The van der Waals surface area contributed by atoms with Crippen molar-refractivity contribution < 1.29 is 5.11 Å². The van der Waals surface area contributed by atoms with Crippen LogP contribution in [0.4, 0.5) is 0 Å². The summed E-state index contributed by atoms with van der Waals surface area (Å²) in [5, 5.41) is 11.9. The quantitative estimate of drug-likeness (QED) is 0.782. The van der Waals surface area contributed by atoms with Crippen LogP contribution in [0.5, 0.6) is 0 Å². The molecule has 2 aromatic rings. The van der Waals surface area contributed by atoms with E-state index in [-0.39, 0.29) is 5.25 Å². The van der Waals surface area contributed by atoms with Gasteiger partial charge in [0.05, 0.1) is 5.25 Å². The highest BCUT2D eigenvalue weighted by atomic mass is 32.1. The molecule has 2 rings (SSSR count). The van der Waals surface area contributed by atoms with Gasteiger partial charge in [0, 0.05) is 4.88 Å². The maximum Gasteiger partial charge on any atom is 0.104 e. The van der Waals surface area contributed by atoms with Crippen molar-refractivity contribution in [1.29, 1.82) is 0 Å². The largest absolute Gasteiger partial charge is 0.386 e. The second-order valence-corrected chi connectivity index (χ2v) is 4.85. The molecule has 15 heavy (non-hydrogen) atoms. The first kappa shape index (κ1) is 10.7. The fraction of sp³-hybridized carbons (Fsp3) is 0.167. The SMILES string of the molecule is OC(c1cccs1)C(S)c1ccccc1. The Kier molecular flexibility index (Phi) is 3.46. The summed E-state index contributed by atoms with van der Waals surface area (Å²) >= 11 is 6.01. The number of aliphatic hydroxyl groups is 1. The molecular formula is C12H12OS2. The fourth-order valence-electron chi connectivity index (χ4n) is 1.45. The molecule has 0 amide bonds. The lowest BCUT2D eigenvalue weighted by Gasteiger charge is -2.16. The van der Waals surface area contributed by atoms with Crippen molar-refractivity contribution >= 4 is 24.0 Å². The Labute approximate surface area is 98.8 Å². The fourth-order valence-corrected chi connectivity index (χ4v) is 2.63. The van der Waals surface area contributed by atoms with E-state index >= 15 is 0 Å². The molecule has 0 spiro atoms. The van der Waals surface area contributed by atoms with Crippen LogP contribution in [0.3, 0.4) is 0 Å². The van der Waals surface area contributed by atoms with Crippen LogP contribution in [-0.4, -0.2) is 5.11 Å².